The second kappa shape index (κ2) is 17.5. The molecule has 3 amide bonds. The lowest BCUT2D eigenvalue weighted by Gasteiger charge is -2.31. The highest BCUT2D eigenvalue weighted by atomic mass is 16.6. The van der Waals surface area contributed by atoms with E-state index in [-0.39, 0.29) is 30.0 Å². The molecule has 7 N–H and O–H groups in total. The third kappa shape index (κ3) is 9.75. The lowest BCUT2D eigenvalue weighted by molar-refractivity contribution is 0.0594. The first kappa shape index (κ1) is 36.1. The zero-order valence-electron chi connectivity index (χ0n) is 28.8. The Labute approximate surface area is 301 Å². The van der Waals surface area contributed by atoms with Crippen molar-refractivity contribution in [2.45, 2.75) is 38.1 Å². The molecule has 0 bridgehead atoms. The molecule has 2 heterocycles. The zero-order chi connectivity index (χ0) is 36.3. The molecule has 0 saturated carbocycles. The predicted molar refractivity (Wildman–Crippen MR) is 201 cm³/mol. The van der Waals surface area contributed by atoms with E-state index < -0.39 is 12.2 Å². The number of aliphatic hydroxyl groups excluding tert-OH is 1. The van der Waals surface area contributed by atoms with Gasteiger partial charge in [0.05, 0.1) is 17.3 Å². The number of aromatic hydroxyl groups is 1. The molecule has 1 atom stereocenters. The van der Waals surface area contributed by atoms with Gasteiger partial charge in [-0.25, -0.2) is 9.59 Å². The first-order valence-corrected chi connectivity index (χ1v) is 17.5. The number of aromatic nitrogens is 1. The van der Waals surface area contributed by atoms with Crippen molar-refractivity contribution < 1.29 is 24.5 Å². The van der Waals surface area contributed by atoms with Gasteiger partial charge in [0, 0.05) is 62.8 Å². The summed E-state index contributed by atoms with van der Waals surface area (Å²) in [5, 5.41) is 33.4. The summed E-state index contributed by atoms with van der Waals surface area (Å²) in [7, 11) is 0. The number of aliphatic hydroxyl groups is 1. The standard InChI is InChI=1S/C40H44N6O6/c47-35-16-14-32(33-15-17-37(49)45-38(33)35)36(48)26-41-24-27-10-12-28(13-11-27)25-43-39(50)42-20-23-46-21-18-30(19-22-46)52-40(51)44-34-9-5-4-8-31(34)29-6-2-1-3-7-29/h1-17,30,36,41,47-48H,18-26H2,(H,44,51)(H,45,49)(H2,42,43,50)/t36-/m1/s1. The second-order valence-corrected chi connectivity index (χ2v) is 12.8. The van der Waals surface area contributed by atoms with Crippen molar-refractivity contribution in [3.8, 4) is 16.9 Å². The van der Waals surface area contributed by atoms with Crippen LogP contribution in [0.25, 0.3) is 22.0 Å². The van der Waals surface area contributed by atoms with Crippen LogP contribution in [0.3, 0.4) is 0 Å². The van der Waals surface area contributed by atoms with E-state index in [2.05, 4.69) is 31.2 Å². The summed E-state index contributed by atoms with van der Waals surface area (Å²) >= 11 is 0. The molecule has 0 radical (unpaired) electrons. The van der Waals surface area contributed by atoms with Gasteiger partial charge in [-0.3, -0.25) is 10.1 Å². The number of piperidine rings is 1. The van der Waals surface area contributed by atoms with Crippen LogP contribution in [-0.2, 0) is 17.8 Å². The van der Waals surface area contributed by atoms with Crippen LogP contribution in [0.4, 0.5) is 15.3 Å². The number of aromatic amines is 1. The number of nitrogens with zero attached hydrogens (tertiary/aromatic N) is 1. The lowest BCUT2D eigenvalue weighted by Crippen LogP contribution is -2.44. The highest BCUT2D eigenvalue weighted by Crippen LogP contribution is 2.29. The quantitative estimate of drug-likeness (QED) is 0.0874. The van der Waals surface area contributed by atoms with Gasteiger partial charge in [0.15, 0.2) is 0 Å². The number of phenolic OH excluding ortho intramolecular Hbond substituents is 1. The number of pyridine rings is 1. The second-order valence-electron chi connectivity index (χ2n) is 12.8. The van der Waals surface area contributed by atoms with E-state index in [0.717, 1.165) is 48.2 Å². The van der Waals surface area contributed by atoms with E-state index >= 15 is 0 Å². The minimum atomic E-state index is -0.843. The normalized spacial score (nSPS) is 14.1. The van der Waals surface area contributed by atoms with E-state index in [9.17, 15) is 24.6 Å². The molecule has 6 rings (SSSR count). The molecule has 52 heavy (non-hydrogen) atoms. The lowest BCUT2D eigenvalue weighted by atomic mass is 10.0. The number of hydrogen-bond donors (Lipinski definition) is 7. The smallest absolute Gasteiger partial charge is 0.411 e. The van der Waals surface area contributed by atoms with Crippen LogP contribution in [-0.4, -0.2) is 71.0 Å². The fourth-order valence-corrected chi connectivity index (χ4v) is 6.36. The molecule has 1 saturated heterocycles. The molecule has 0 aliphatic carbocycles. The van der Waals surface area contributed by atoms with Crippen LogP contribution < -0.4 is 26.8 Å². The molecule has 12 heteroatoms. The zero-order valence-corrected chi connectivity index (χ0v) is 28.8. The summed E-state index contributed by atoms with van der Waals surface area (Å²) in [6.07, 6.45) is -0.00589. The van der Waals surface area contributed by atoms with Crippen molar-refractivity contribution in [1.82, 2.24) is 25.8 Å². The molecular formula is C40H44N6O6. The van der Waals surface area contributed by atoms with Crippen molar-refractivity contribution in [3.63, 3.8) is 0 Å². The van der Waals surface area contributed by atoms with Gasteiger partial charge in [0.2, 0.25) is 5.56 Å². The average Bonchev–Trinajstić information content (AvgIpc) is 3.16. The van der Waals surface area contributed by atoms with E-state index in [0.29, 0.717) is 48.3 Å². The van der Waals surface area contributed by atoms with Crippen LogP contribution in [0.15, 0.2) is 108 Å². The van der Waals surface area contributed by atoms with E-state index in [1.807, 2.05) is 78.9 Å². The SMILES string of the molecule is O=C(NCCN1CCC(OC(=O)Nc2ccccc2-c2ccccc2)CC1)NCc1ccc(CNC[C@@H](O)c2ccc(O)c3[nH]c(=O)ccc23)cc1. The molecule has 1 fully saturated rings. The number of H-pyrrole nitrogens is 1. The Hall–Kier alpha value is -5.69. The van der Waals surface area contributed by atoms with Crippen molar-refractivity contribution in [3.05, 3.63) is 130 Å². The number of anilines is 1. The third-order valence-electron chi connectivity index (χ3n) is 9.18. The van der Waals surface area contributed by atoms with Gasteiger partial charge in [-0.05, 0) is 53.3 Å². The Kier molecular flexibility index (Phi) is 12.1. The third-order valence-corrected chi connectivity index (χ3v) is 9.18. The topological polar surface area (TPSA) is 168 Å². The largest absolute Gasteiger partial charge is 0.506 e. The number of fused-ring (bicyclic) bond motifs is 1. The van der Waals surface area contributed by atoms with Gasteiger partial charge in [-0.2, -0.15) is 0 Å². The van der Waals surface area contributed by atoms with Gasteiger partial charge < -0.3 is 40.8 Å². The predicted octanol–water partition coefficient (Wildman–Crippen LogP) is 5.24. The maximum atomic E-state index is 12.7. The molecule has 5 aromatic rings. The molecule has 0 unspecified atom stereocenters. The monoisotopic (exact) mass is 704 g/mol. The Morgan fingerprint density at radius 3 is 2.33 bits per heavy atom. The number of likely N-dealkylation sites (tertiary alicyclic amines) is 1. The van der Waals surface area contributed by atoms with Crippen molar-refractivity contribution in [1.29, 1.82) is 0 Å². The molecule has 4 aromatic carbocycles. The number of carbonyl (C=O) groups excluding carboxylic acids is 2. The molecule has 12 nitrogen and oxygen atoms in total. The molecule has 1 aliphatic heterocycles. The van der Waals surface area contributed by atoms with Crippen LogP contribution >= 0.6 is 0 Å². The number of phenols is 1. The number of rotatable bonds is 13. The van der Waals surface area contributed by atoms with E-state index in [1.54, 1.807) is 12.1 Å². The van der Waals surface area contributed by atoms with Gasteiger partial charge in [-0.15, -0.1) is 0 Å². The first-order chi connectivity index (χ1) is 25.3. The van der Waals surface area contributed by atoms with Gasteiger partial charge >= 0.3 is 12.1 Å². The molecule has 0 spiro atoms. The number of urea groups is 1. The van der Waals surface area contributed by atoms with Crippen LogP contribution in [0.2, 0.25) is 0 Å². The molecular weight excluding hydrogens is 660 g/mol. The Bertz CT molecular complexity index is 2010. The summed E-state index contributed by atoms with van der Waals surface area (Å²) in [6, 6.07) is 31.2. The van der Waals surface area contributed by atoms with Gasteiger partial charge in [0.25, 0.3) is 0 Å². The number of nitrogens with one attached hydrogen (secondary N) is 5. The maximum absolute atomic E-state index is 12.7. The van der Waals surface area contributed by atoms with Gasteiger partial charge in [0.1, 0.15) is 11.9 Å². The van der Waals surface area contributed by atoms with Crippen molar-refractivity contribution in [2.75, 3.05) is 38.0 Å². The summed E-state index contributed by atoms with van der Waals surface area (Å²) in [5.74, 6) is -0.0479. The first-order valence-electron chi connectivity index (χ1n) is 17.5. The average molecular weight is 705 g/mol. The maximum Gasteiger partial charge on any atom is 0.411 e. The highest BCUT2D eigenvalue weighted by Gasteiger charge is 2.23. The van der Waals surface area contributed by atoms with Crippen LogP contribution in [0.1, 0.15) is 35.6 Å². The fourth-order valence-electron chi connectivity index (χ4n) is 6.36. The minimum Gasteiger partial charge on any atom is -0.506 e. The number of ether oxygens (including phenoxy) is 1. The Morgan fingerprint density at radius 1 is 0.846 bits per heavy atom. The summed E-state index contributed by atoms with van der Waals surface area (Å²) in [5.41, 5.74) is 5.22. The number of amides is 3. The highest BCUT2D eigenvalue weighted by molar-refractivity contribution is 5.91. The van der Waals surface area contributed by atoms with E-state index in [4.69, 9.17) is 4.74 Å². The summed E-state index contributed by atoms with van der Waals surface area (Å²) in [6.45, 7) is 3.94. The number of benzene rings is 4. The van der Waals surface area contributed by atoms with Crippen LogP contribution in [0.5, 0.6) is 5.75 Å². The fraction of sp³-hybridized carbons (Fsp3) is 0.275. The van der Waals surface area contributed by atoms with E-state index in [1.165, 1.54) is 12.1 Å². The Morgan fingerprint density at radius 2 is 1.56 bits per heavy atom. The number of hydrogen-bond acceptors (Lipinski definition) is 8. The summed E-state index contributed by atoms with van der Waals surface area (Å²) in [4.78, 5) is 41.7. The minimum absolute atomic E-state index is 0.0479. The van der Waals surface area contributed by atoms with Crippen molar-refractivity contribution >= 4 is 28.7 Å². The molecule has 270 valence electrons. The van der Waals surface area contributed by atoms with Crippen molar-refractivity contribution in [2.24, 2.45) is 0 Å². The summed E-state index contributed by atoms with van der Waals surface area (Å²) < 4.78 is 5.74. The number of para-hydroxylation sites is 1. The molecule has 1 aromatic heterocycles. The van der Waals surface area contributed by atoms with Crippen LogP contribution in [0, 0.1) is 0 Å². The Balaban J connectivity index is 0.845. The van der Waals surface area contributed by atoms with Gasteiger partial charge in [-0.1, -0.05) is 78.9 Å². The number of carbonyl (C=O) groups is 2. The molecule has 1 aliphatic rings.